The molecule has 5 nitrogen and oxygen atoms in total. The molecule has 2 rings (SSSR count). The van der Waals surface area contributed by atoms with Gasteiger partial charge in [-0.05, 0) is 55.7 Å². The molecule has 3 N–H and O–H groups in total. The number of hydrogen-bond donors (Lipinski definition) is 3. The highest BCUT2D eigenvalue weighted by molar-refractivity contribution is 5.90. The van der Waals surface area contributed by atoms with Crippen molar-refractivity contribution in [3.63, 3.8) is 0 Å². The number of phenols is 1. The van der Waals surface area contributed by atoms with Gasteiger partial charge in [0.2, 0.25) is 0 Å². The van der Waals surface area contributed by atoms with Gasteiger partial charge in [0.15, 0.2) is 0 Å². The number of ether oxygens (including phenoxy) is 1. The standard InChI is InChI=1S/C24H30O5/c1-16(25)5-6-18(15-17(2)26)23(28)29-22-13-9-20(10-14-22)24(3,4)19-7-11-21(27)12-8-19/h6-14,16-17,25-27H,5,15H2,1-4H3. The van der Waals surface area contributed by atoms with Gasteiger partial charge in [0, 0.05) is 17.4 Å². The third kappa shape index (κ3) is 6.44. The van der Waals surface area contributed by atoms with Crippen LogP contribution in [0.25, 0.3) is 0 Å². The van der Waals surface area contributed by atoms with Gasteiger partial charge in [0.1, 0.15) is 11.5 Å². The summed E-state index contributed by atoms with van der Waals surface area (Å²) in [5.74, 6) is 0.106. The zero-order chi connectivity index (χ0) is 21.6. The zero-order valence-corrected chi connectivity index (χ0v) is 17.4. The lowest BCUT2D eigenvalue weighted by molar-refractivity contribution is -0.130. The van der Waals surface area contributed by atoms with Crippen molar-refractivity contribution in [1.82, 2.24) is 0 Å². The normalized spacial score (nSPS) is 14.3. The Morgan fingerprint density at radius 1 is 0.966 bits per heavy atom. The fraction of sp³-hybridized carbons (Fsp3) is 0.375. The van der Waals surface area contributed by atoms with E-state index >= 15 is 0 Å². The van der Waals surface area contributed by atoms with Gasteiger partial charge in [-0.3, -0.25) is 0 Å². The summed E-state index contributed by atoms with van der Waals surface area (Å²) in [5, 5.41) is 28.6. The highest BCUT2D eigenvalue weighted by Gasteiger charge is 2.23. The van der Waals surface area contributed by atoms with Gasteiger partial charge in [0.25, 0.3) is 0 Å². The van der Waals surface area contributed by atoms with E-state index in [0.717, 1.165) is 11.1 Å². The van der Waals surface area contributed by atoms with Gasteiger partial charge in [-0.25, -0.2) is 4.79 Å². The molecule has 29 heavy (non-hydrogen) atoms. The van der Waals surface area contributed by atoms with Crippen LogP contribution in [0.3, 0.4) is 0 Å². The van der Waals surface area contributed by atoms with E-state index in [4.69, 9.17) is 4.74 Å². The largest absolute Gasteiger partial charge is 0.508 e. The van der Waals surface area contributed by atoms with Crippen LogP contribution in [0, 0.1) is 0 Å². The summed E-state index contributed by atoms with van der Waals surface area (Å²) in [4.78, 5) is 12.5. The van der Waals surface area contributed by atoms with Crippen molar-refractivity contribution in [1.29, 1.82) is 0 Å². The van der Waals surface area contributed by atoms with Crippen LogP contribution < -0.4 is 4.74 Å². The monoisotopic (exact) mass is 398 g/mol. The summed E-state index contributed by atoms with van der Waals surface area (Å²) in [7, 11) is 0. The highest BCUT2D eigenvalue weighted by Crippen LogP contribution is 2.33. The van der Waals surface area contributed by atoms with Gasteiger partial charge in [0.05, 0.1) is 12.2 Å². The third-order valence-electron chi connectivity index (χ3n) is 4.86. The van der Waals surface area contributed by atoms with Crippen molar-refractivity contribution >= 4 is 5.97 Å². The maximum Gasteiger partial charge on any atom is 0.339 e. The number of aliphatic hydroxyl groups is 2. The average molecular weight is 398 g/mol. The van der Waals surface area contributed by atoms with Gasteiger partial charge < -0.3 is 20.1 Å². The number of rotatable bonds is 8. The van der Waals surface area contributed by atoms with Crippen LogP contribution in [0.15, 0.2) is 60.2 Å². The molecule has 0 spiro atoms. The summed E-state index contributed by atoms with van der Waals surface area (Å²) >= 11 is 0. The Balaban J connectivity index is 2.15. The van der Waals surface area contributed by atoms with Gasteiger partial charge in [-0.15, -0.1) is 0 Å². The van der Waals surface area contributed by atoms with Gasteiger partial charge in [-0.1, -0.05) is 44.2 Å². The fourth-order valence-electron chi connectivity index (χ4n) is 3.04. The quantitative estimate of drug-likeness (QED) is 0.354. The van der Waals surface area contributed by atoms with E-state index < -0.39 is 18.2 Å². The molecule has 2 unspecified atom stereocenters. The van der Waals surface area contributed by atoms with Crippen molar-refractivity contribution in [2.24, 2.45) is 0 Å². The molecule has 0 aliphatic carbocycles. The van der Waals surface area contributed by atoms with Crippen molar-refractivity contribution in [2.45, 2.75) is 58.2 Å². The first-order valence-corrected chi connectivity index (χ1v) is 9.77. The molecule has 2 aromatic carbocycles. The van der Waals surface area contributed by atoms with E-state index in [0.29, 0.717) is 17.7 Å². The molecule has 0 radical (unpaired) electrons. The molecular formula is C24H30O5. The van der Waals surface area contributed by atoms with Crippen LogP contribution in [0.5, 0.6) is 11.5 Å². The first kappa shape index (κ1) is 22.7. The molecule has 0 aliphatic heterocycles. The van der Waals surface area contributed by atoms with Crippen LogP contribution in [0.1, 0.15) is 51.7 Å². The van der Waals surface area contributed by atoms with Crippen LogP contribution in [-0.4, -0.2) is 33.5 Å². The maximum absolute atomic E-state index is 12.5. The van der Waals surface area contributed by atoms with Crippen LogP contribution in [0.2, 0.25) is 0 Å². The summed E-state index contributed by atoms with van der Waals surface area (Å²) in [6.45, 7) is 7.40. The lowest BCUT2D eigenvalue weighted by Gasteiger charge is -2.26. The lowest BCUT2D eigenvalue weighted by Crippen LogP contribution is -2.19. The Morgan fingerprint density at radius 2 is 1.48 bits per heavy atom. The molecule has 0 amide bonds. The first-order valence-electron chi connectivity index (χ1n) is 9.77. The number of carbonyl (C=O) groups is 1. The maximum atomic E-state index is 12.5. The number of esters is 1. The molecule has 2 atom stereocenters. The Kier molecular flexibility index (Phi) is 7.59. The SMILES string of the molecule is CC(O)CC=C(CC(C)O)C(=O)Oc1ccc(C(C)(C)c2ccc(O)cc2)cc1. The smallest absolute Gasteiger partial charge is 0.339 e. The van der Waals surface area contributed by atoms with E-state index in [1.807, 2.05) is 24.3 Å². The van der Waals surface area contributed by atoms with E-state index in [2.05, 4.69) is 13.8 Å². The van der Waals surface area contributed by atoms with Gasteiger partial charge in [-0.2, -0.15) is 0 Å². The molecular weight excluding hydrogens is 368 g/mol. The van der Waals surface area contributed by atoms with Crippen LogP contribution >= 0.6 is 0 Å². The number of carbonyl (C=O) groups excluding carboxylic acids is 1. The number of phenolic OH excluding ortho intramolecular Hbond substituents is 1. The molecule has 0 saturated heterocycles. The lowest BCUT2D eigenvalue weighted by atomic mass is 9.78. The molecule has 0 heterocycles. The van der Waals surface area contributed by atoms with Crippen LogP contribution in [0.4, 0.5) is 0 Å². The number of aromatic hydroxyl groups is 1. The molecule has 0 fully saturated rings. The average Bonchev–Trinajstić information content (AvgIpc) is 2.65. The van der Waals surface area contributed by atoms with E-state index in [9.17, 15) is 20.1 Å². The summed E-state index contributed by atoms with van der Waals surface area (Å²) in [5.41, 5.74) is 2.15. The second-order valence-electron chi connectivity index (χ2n) is 7.95. The molecule has 0 saturated carbocycles. The molecule has 5 heteroatoms. The van der Waals surface area contributed by atoms with Gasteiger partial charge >= 0.3 is 5.97 Å². The zero-order valence-electron chi connectivity index (χ0n) is 17.4. The Labute approximate surface area is 172 Å². The van der Waals surface area contributed by atoms with E-state index in [1.165, 1.54) is 0 Å². The topological polar surface area (TPSA) is 87.0 Å². The minimum absolute atomic E-state index is 0.164. The minimum atomic E-state index is -0.684. The number of hydrogen-bond acceptors (Lipinski definition) is 5. The summed E-state index contributed by atoms with van der Waals surface area (Å²) < 4.78 is 5.47. The highest BCUT2D eigenvalue weighted by atomic mass is 16.5. The molecule has 0 aliphatic rings. The predicted molar refractivity (Wildman–Crippen MR) is 113 cm³/mol. The Hall–Kier alpha value is -2.63. The van der Waals surface area contributed by atoms with Crippen molar-refractivity contribution in [3.05, 3.63) is 71.3 Å². The second kappa shape index (κ2) is 9.72. The number of benzene rings is 2. The van der Waals surface area contributed by atoms with Crippen molar-refractivity contribution in [2.75, 3.05) is 0 Å². The van der Waals surface area contributed by atoms with Crippen molar-refractivity contribution < 1.29 is 24.9 Å². The number of aliphatic hydroxyl groups excluding tert-OH is 2. The van der Waals surface area contributed by atoms with Crippen LogP contribution in [-0.2, 0) is 10.2 Å². The third-order valence-corrected chi connectivity index (χ3v) is 4.86. The molecule has 156 valence electrons. The van der Waals surface area contributed by atoms with E-state index in [-0.39, 0.29) is 17.6 Å². The second-order valence-corrected chi connectivity index (χ2v) is 7.95. The molecule has 0 bridgehead atoms. The first-order chi connectivity index (χ1) is 13.6. The summed E-state index contributed by atoms with van der Waals surface area (Å²) in [6, 6.07) is 14.4. The predicted octanol–water partition coefficient (Wildman–Crippen LogP) is 4.09. The fourth-order valence-corrected chi connectivity index (χ4v) is 3.04. The minimum Gasteiger partial charge on any atom is -0.508 e. The molecule has 2 aromatic rings. The summed E-state index contributed by atoms with van der Waals surface area (Å²) in [6.07, 6.45) is 0.834. The van der Waals surface area contributed by atoms with Crippen molar-refractivity contribution in [3.8, 4) is 11.5 Å². The van der Waals surface area contributed by atoms with E-state index in [1.54, 1.807) is 44.2 Å². The molecule has 0 aromatic heterocycles. The Bertz CT molecular complexity index is 831. The Morgan fingerprint density at radius 3 is 1.97 bits per heavy atom.